The first-order valence-corrected chi connectivity index (χ1v) is 9.53. The number of aromatic nitrogens is 1. The van der Waals surface area contributed by atoms with E-state index in [4.69, 9.17) is 9.47 Å². The van der Waals surface area contributed by atoms with Crippen LogP contribution >= 0.6 is 11.8 Å². The summed E-state index contributed by atoms with van der Waals surface area (Å²) in [4.78, 5) is 19.0. The van der Waals surface area contributed by atoms with Crippen molar-refractivity contribution in [3.05, 3.63) is 48.2 Å². The first-order valence-electron chi connectivity index (χ1n) is 8.54. The molecule has 1 aromatic heterocycles. The van der Waals surface area contributed by atoms with Gasteiger partial charge in [0.15, 0.2) is 11.5 Å². The minimum Gasteiger partial charge on any atom is -0.486 e. The average molecular weight is 356 g/mol. The average Bonchev–Trinajstić information content (AvgIpc) is 3.16. The number of pyridine rings is 1. The highest BCUT2D eigenvalue weighted by Crippen LogP contribution is 2.38. The molecule has 0 spiro atoms. The van der Waals surface area contributed by atoms with Crippen molar-refractivity contribution in [2.24, 2.45) is 0 Å². The van der Waals surface area contributed by atoms with Crippen LogP contribution < -0.4 is 9.47 Å². The molecule has 0 radical (unpaired) electrons. The third-order valence-corrected chi connectivity index (χ3v) is 5.43. The molecule has 0 saturated carbocycles. The molecule has 25 heavy (non-hydrogen) atoms. The van der Waals surface area contributed by atoms with Gasteiger partial charge in [0.25, 0.3) is 0 Å². The number of benzene rings is 1. The summed E-state index contributed by atoms with van der Waals surface area (Å²) in [5, 5.41) is 0.880. The van der Waals surface area contributed by atoms with Crippen LogP contribution in [0.2, 0.25) is 0 Å². The normalized spacial score (nSPS) is 19.0. The van der Waals surface area contributed by atoms with Gasteiger partial charge in [-0.25, -0.2) is 4.98 Å². The first kappa shape index (κ1) is 16.3. The Morgan fingerprint density at radius 3 is 2.92 bits per heavy atom. The van der Waals surface area contributed by atoms with E-state index in [1.807, 2.05) is 35.2 Å². The quantitative estimate of drug-likeness (QED) is 0.787. The number of likely N-dealkylation sites (tertiary alicyclic amines) is 1. The number of carbonyl (C=O) groups excluding carboxylic acids is 1. The van der Waals surface area contributed by atoms with Crippen molar-refractivity contribution in [3.63, 3.8) is 0 Å². The summed E-state index contributed by atoms with van der Waals surface area (Å²) in [7, 11) is 0. The highest BCUT2D eigenvalue weighted by molar-refractivity contribution is 7.99. The Bertz CT molecular complexity index is 754. The molecule has 4 rings (SSSR count). The van der Waals surface area contributed by atoms with Crippen LogP contribution in [0.25, 0.3) is 0 Å². The molecule has 5 nitrogen and oxygen atoms in total. The lowest BCUT2D eigenvalue weighted by Crippen LogP contribution is -2.32. The zero-order valence-corrected chi connectivity index (χ0v) is 14.7. The molecule has 2 aliphatic rings. The zero-order valence-electron chi connectivity index (χ0n) is 13.9. The largest absolute Gasteiger partial charge is 0.486 e. The minimum atomic E-state index is 0.118. The molecular formula is C19H20N2O3S. The number of hydrogen-bond donors (Lipinski definition) is 0. The van der Waals surface area contributed by atoms with E-state index in [2.05, 4.69) is 11.1 Å². The van der Waals surface area contributed by atoms with E-state index in [1.165, 1.54) is 11.8 Å². The second-order valence-corrected chi connectivity index (χ2v) is 7.10. The van der Waals surface area contributed by atoms with Crippen molar-refractivity contribution >= 4 is 17.7 Å². The second kappa shape index (κ2) is 7.35. The van der Waals surface area contributed by atoms with E-state index in [1.54, 1.807) is 6.20 Å². The van der Waals surface area contributed by atoms with E-state index in [0.717, 1.165) is 41.5 Å². The molecular weight excluding hydrogens is 336 g/mol. The Labute approximate surface area is 151 Å². The fourth-order valence-corrected chi connectivity index (χ4v) is 4.08. The summed E-state index contributed by atoms with van der Waals surface area (Å²) in [6, 6.07) is 11.9. The van der Waals surface area contributed by atoms with E-state index in [0.29, 0.717) is 19.0 Å². The van der Waals surface area contributed by atoms with Gasteiger partial charge in [0.1, 0.15) is 13.2 Å². The number of thioether (sulfide) groups is 1. The third kappa shape index (κ3) is 3.58. The number of carbonyl (C=O) groups is 1. The van der Waals surface area contributed by atoms with Crippen LogP contribution in [0.1, 0.15) is 24.4 Å². The second-order valence-electron chi connectivity index (χ2n) is 6.10. The van der Waals surface area contributed by atoms with Gasteiger partial charge < -0.3 is 14.4 Å². The molecule has 0 N–H and O–H groups in total. The van der Waals surface area contributed by atoms with Gasteiger partial charge in [0, 0.05) is 12.7 Å². The van der Waals surface area contributed by atoms with Gasteiger partial charge >= 0.3 is 0 Å². The van der Waals surface area contributed by atoms with Gasteiger partial charge in [0.05, 0.1) is 16.8 Å². The van der Waals surface area contributed by atoms with E-state index >= 15 is 0 Å². The van der Waals surface area contributed by atoms with Gasteiger partial charge in [-0.15, -0.1) is 0 Å². The van der Waals surface area contributed by atoms with Crippen molar-refractivity contribution in [1.82, 2.24) is 9.88 Å². The van der Waals surface area contributed by atoms with E-state index in [9.17, 15) is 4.79 Å². The molecule has 1 fully saturated rings. The van der Waals surface area contributed by atoms with Crippen molar-refractivity contribution in [2.75, 3.05) is 25.5 Å². The molecule has 1 saturated heterocycles. The fraction of sp³-hybridized carbons (Fsp3) is 0.368. The molecule has 130 valence electrons. The Morgan fingerprint density at radius 1 is 1.20 bits per heavy atom. The van der Waals surface area contributed by atoms with Gasteiger partial charge in [-0.3, -0.25) is 4.79 Å². The van der Waals surface area contributed by atoms with E-state index in [-0.39, 0.29) is 11.9 Å². The van der Waals surface area contributed by atoms with Crippen molar-refractivity contribution in [3.8, 4) is 11.5 Å². The maximum Gasteiger partial charge on any atom is 0.233 e. The smallest absolute Gasteiger partial charge is 0.233 e. The third-order valence-electron chi connectivity index (χ3n) is 4.51. The maximum absolute atomic E-state index is 12.7. The number of ether oxygens (including phenoxy) is 2. The molecule has 1 atom stereocenters. The number of fused-ring (bicyclic) bond motifs is 1. The molecule has 6 heteroatoms. The summed E-state index contributed by atoms with van der Waals surface area (Å²) in [5.41, 5.74) is 1.12. The molecule has 1 aromatic carbocycles. The van der Waals surface area contributed by atoms with Crippen molar-refractivity contribution in [1.29, 1.82) is 0 Å². The van der Waals surface area contributed by atoms with Crippen LogP contribution in [0.3, 0.4) is 0 Å². The Morgan fingerprint density at radius 2 is 2.08 bits per heavy atom. The predicted molar refractivity (Wildman–Crippen MR) is 96.1 cm³/mol. The van der Waals surface area contributed by atoms with Crippen LogP contribution in [0.5, 0.6) is 11.5 Å². The standard InChI is InChI=1S/C19H20N2O3S/c22-19(13-25-18-5-1-2-8-20-18)21-9-3-4-15(21)14-6-7-16-17(12-14)24-11-10-23-16/h1-2,5-8,12,15H,3-4,9-11,13H2. The SMILES string of the molecule is O=C(CSc1ccccn1)N1CCCC1c1ccc2c(c1)OCCO2. The fourth-order valence-electron chi connectivity index (χ4n) is 3.33. The summed E-state index contributed by atoms with van der Waals surface area (Å²) < 4.78 is 11.3. The summed E-state index contributed by atoms with van der Waals surface area (Å²) in [6.07, 6.45) is 3.76. The lowest BCUT2D eigenvalue weighted by atomic mass is 10.0. The predicted octanol–water partition coefficient (Wildman–Crippen LogP) is 3.31. The molecule has 0 bridgehead atoms. The lowest BCUT2D eigenvalue weighted by molar-refractivity contribution is -0.129. The molecule has 2 aromatic rings. The maximum atomic E-state index is 12.7. The van der Waals surface area contributed by atoms with Crippen molar-refractivity contribution < 1.29 is 14.3 Å². The molecule has 1 amide bonds. The number of hydrogen-bond acceptors (Lipinski definition) is 5. The zero-order chi connectivity index (χ0) is 17.1. The highest BCUT2D eigenvalue weighted by Gasteiger charge is 2.30. The number of rotatable bonds is 4. The highest BCUT2D eigenvalue weighted by atomic mass is 32.2. The van der Waals surface area contributed by atoms with Crippen molar-refractivity contribution in [2.45, 2.75) is 23.9 Å². The Balaban J connectivity index is 1.45. The summed E-state index contributed by atoms with van der Waals surface area (Å²) in [5.74, 6) is 2.15. The Kier molecular flexibility index (Phi) is 4.78. The minimum absolute atomic E-state index is 0.118. The van der Waals surface area contributed by atoms with Gasteiger partial charge in [-0.2, -0.15) is 0 Å². The number of amides is 1. The summed E-state index contributed by atoms with van der Waals surface area (Å²) in [6.45, 7) is 1.97. The van der Waals surface area contributed by atoms with Crippen LogP contribution in [0.4, 0.5) is 0 Å². The van der Waals surface area contributed by atoms with Gasteiger partial charge in [0.2, 0.25) is 5.91 Å². The molecule has 0 aliphatic carbocycles. The first-order chi connectivity index (χ1) is 12.3. The topological polar surface area (TPSA) is 51.7 Å². The van der Waals surface area contributed by atoms with Crippen LogP contribution in [-0.2, 0) is 4.79 Å². The molecule has 1 unspecified atom stereocenters. The number of nitrogens with zero attached hydrogens (tertiary/aromatic N) is 2. The van der Waals surface area contributed by atoms with Crippen LogP contribution in [0, 0.1) is 0 Å². The van der Waals surface area contributed by atoms with E-state index < -0.39 is 0 Å². The Hall–Kier alpha value is -2.21. The van der Waals surface area contributed by atoms with Crippen LogP contribution in [-0.4, -0.2) is 41.3 Å². The molecule has 2 aliphatic heterocycles. The van der Waals surface area contributed by atoms with Gasteiger partial charge in [-0.05, 0) is 42.7 Å². The molecule has 3 heterocycles. The summed E-state index contributed by atoms with van der Waals surface area (Å²) >= 11 is 1.49. The lowest BCUT2D eigenvalue weighted by Gasteiger charge is -2.26. The van der Waals surface area contributed by atoms with Gasteiger partial charge in [-0.1, -0.05) is 23.9 Å². The van der Waals surface area contributed by atoms with Crippen LogP contribution in [0.15, 0.2) is 47.6 Å². The monoisotopic (exact) mass is 356 g/mol.